The lowest BCUT2D eigenvalue weighted by Gasteiger charge is -2.26. The van der Waals surface area contributed by atoms with Gasteiger partial charge in [-0.15, -0.1) is 0 Å². The standard InChI is InChI=1S/C26H23N3O3S2/c1-3-17-10-9-11-18(4-2)23(17)29(16-33-24-27-19-12-5-7-14-21(19)31-24)26(30)34-25-28-20-13-6-8-15-22(20)32-25/h5-15H,3-4,16H2,1-2H3. The molecule has 5 rings (SSSR count). The first-order valence-electron chi connectivity index (χ1n) is 11.1. The Balaban J connectivity index is 1.47. The summed E-state index contributed by atoms with van der Waals surface area (Å²) in [6.45, 7) is 4.20. The minimum atomic E-state index is -0.161. The highest BCUT2D eigenvalue weighted by Crippen LogP contribution is 2.35. The van der Waals surface area contributed by atoms with E-state index < -0.39 is 0 Å². The summed E-state index contributed by atoms with van der Waals surface area (Å²) in [5.41, 5.74) is 6.08. The molecule has 2 heterocycles. The van der Waals surface area contributed by atoms with Gasteiger partial charge in [0.15, 0.2) is 11.2 Å². The molecule has 8 heteroatoms. The first-order valence-corrected chi connectivity index (χ1v) is 12.9. The van der Waals surface area contributed by atoms with Gasteiger partial charge in [0.2, 0.25) is 0 Å². The topological polar surface area (TPSA) is 72.4 Å². The quantitative estimate of drug-likeness (QED) is 0.172. The third-order valence-electron chi connectivity index (χ3n) is 5.50. The highest BCUT2D eigenvalue weighted by atomic mass is 32.2. The number of aromatic nitrogens is 2. The van der Waals surface area contributed by atoms with Crippen LogP contribution in [0.3, 0.4) is 0 Å². The zero-order valence-corrected chi connectivity index (χ0v) is 20.5. The molecule has 172 valence electrons. The summed E-state index contributed by atoms with van der Waals surface area (Å²) in [6, 6.07) is 21.3. The average Bonchev–Trinajstić information content (AvgIpc) is 3.47. The number of anilines is 1. The van der Waals surface area contributed by atoms with Gasteiger partial charge in [-0.25, -0.2) is 9.97 Å². The van der Waals surface area contributed by atoms with Crippen LogP contribution < -0.4 is 4.90 Å². The van der Waals surface area contributed by atoms with E-state index in [0.717, 1.165) is 58.0 Å². The smallest absolute Gasteiger partial charge is 0.296 e. The molecule has 0 saturated carbocycles. The van der Waals surface area contributed by atoms with E-state index in [0.29, 0.717) is 21.9 Å². The third kappa shape index (κ3) is 4.56. The number of para-hydroxylation sites is 5. The lowest BCUT2D eigenvalue weighted by molar-refractivity contribution is 0.265. The van der Waals surface area contributed by atoms with Gasteiger partial charge in [0.05, 0.1) is 11.6 Å². The van der Waals surface area contributed by atoms with E-state index >= 15 is 0 Å². The molecule has 0 aliphatic heterocycles. The average molecular weight is 490 g/mol. The van der Waals surface area contributed by atoms with Crippen molar-refractivity contribution in [3.8, 4) is 0 Å². The molecule has 0 N–H and O–H groups in total. The van der Waals surface area contributed by atoms with Crippen molar-refractivity contribution in [1.29, 1.82) is 0 Å². The number of nitrogens with zero attached hydrogens (tertiary/aromatic N) is 3. The number of carbonyl (C=O) groups excluding carboxylic acids is 1. The van der Waals surface area contributed by atoms with Crippen molar-refractivity contribution < 1.29 is 13.6 Å². The van der Waals surface area contributed by atoms with Crippen LogP contribution in [0.25, 0.3) is 22.2 Å². The molecule has 34 heavy (non-hydrogen) atoms. The third-order valence-corrected chi connectivity index (χ3v) is 7.05. The zero-order valence-electron chi connectivity index (χ0n) is 18.9. The van der Waals surface area contributed by atoms with Gasteiger partial charge in [-0.3, -0.25) is 9.69 Å². The molecule has 0 atom stereocenters. The van der Waals surface area contributed by atoms with Crippen molar-refractivity contribution in [2.24, 2.45) is 0 Å². The number of thioether (sulfide) groups is 2. The molecule has 1 amide bonds. The molecule has 6 nitrogen and oxygen atoms in total. The molecule has 0 saturated heterocycles. The predicted octanol–water partition coefficient (Wildman–Crippen LogP) is 7.56. The molecule has 0 aliphatic carbocycles. The second-order valence-corrected chi connectivity index (χ2v) is 9.40. The molecule has 0 unspecified atom stereocenters. The maximum Gasteiger partial charge on any atom is 0.296 e. The number of amides is 1. The predicted molar refractivity (Wildman–Crippen MR) is 138 cm³/mol. The Labute approximate surface area is 205 Å². The Morgan fingerprint density at radius 2 is 1.35 bits per heavy atom. The molecule has 3 aromatic carbocycles. The summed E-state index contributed by atoms with van der Waals surface area (Å²) in [6.07, 6.45) is 1.63. The van der Waals surface area contributed by atoms with E-state index in [1.165, 1.54) is 11.8 Å². The van der Waals surface area contributed by atoms with E-state index in [2.05, 4.69) is 35.9 Å². The number of rotatable bonds is 7. The number of oxazole rings is 2. The fourth-order valence-electron chi connectivity index (χ4n) is 3.83. The first-order chi connectivity index (χ1) is 16.7. The van der Waals surface area contributed by atoms with Crippen molar-refractivity contribution in [2.45, 2.75) is 37.1 Å². The van der Waals surface area contributed by atoms with Crippen LogP contribution in [0.15, 0.2) is 86.0 Å². The van der Waals surface area contributed by atoms with Gasteiger partial charge in [-0.05, 0) is 60.0 Å². The van der Waals surface area contributed by atoms with Gasteiger partial charge in [0.1, 0.15) is 11.0 Å². The minimum Gasteiger partial charge on any atom is -0.431 e. The van der Waals surface area contributed by atoms with Crippen LogP contribution in [0, 0.1) is 0 Å². The second-order valence-electron chi connectivity index (χ2n) is 7.60. The zero-order chi connectivity index (χ0) is 23.5. The molecule has 0 aliphatic rings. The molecular formula is C26H23N3O3S2. The highest BCUT2D eigenvalue weighted by Gasteiger charge is 2.25. The van der Waals surface area contributed by atoms with Gasteiger partial charge in [0.25, 0.3) is 15.7 Å². The van der Waals surface area contributed by atoms with Gasteiger partial charge < -0.3 is 8.83 Å². The SMILES string of the molecule is CCc1cccc(CC)c1N(CSc1nc2ccccc2o1)C(=O)Sc1nc2ccccc2o1. The van der Waals surface area contributed by atoms with Crippen molar-refractivity contribution in [1.82, 2.24) is 9.97 Å². The van der Waals surface area contributed by atoms with E-state index in [4.69, 9.17) is 8.83 Å². The molecular weight excluding hydrogens is 466 g/mol. The number of hydrogen-bond donors (Lipinski definition) is 0. The Morgan fingerprint density at radius 3 is 1.94 bits per heavy atom. The van der Waals surface area contributed by atoms with E-state index in [9.17, 15) is 4.79 Å². The highest BCUT2D eigenvalue weighted by molar-refractivity contribution is 8.13. The summed E-state index contributed by atoms with van der Waals surface area (Å²) < 4.78 is 11.7. The fraction of sp³-hybridized carbons (Fsp3) is 0.192. The van der Waals surface area contributed by atoms with Crippen LogP contribution in [-0.2, 0) is 12.8 Å². The van der Waals surface area contributed by atoms with Crippen LogP contribution in [0.4, 0.5) is 10.5 Å². The van der Waals surface area contributed by atoms with Crippen LogP contribution >= 0.6 is 23.5 Å². The number of carbonyl (C=O) groups is 1. The van der Waals surface area contributed by atoms with Gasteiger partial charge in [-0.1, -0.05) is 56.3 Å². The number of hydrogen-bond acceptors (Lipinski definition) is 7. The Bertz CT molecular complexity index is 1370. The normalized spacial score (nSPS) is 11.4. The minimum absolute atomic E-state index is 0.161. The van der Waals surface area contributed by atoms with Gasteiger partial charge in [-0.2, -0.15) is 0 Å². The lowest BCUT2D eigenvalue weighted by Crippen LogP contribution is -2.29. The Kier molecular flexibility index (Phi) is 6.60. The van der Waals surface area contributed by atoms with Crippen LogP contribution in [-0.4, -0.2) is 21.1 Å². The lowest BCUT2D eigenvalue weighted by atomic mass is 10.0. The summed E-state index contributed by atoms with van der Waals surface area (Å²) in [5, 5.41) is 0.693. The van der Waals surface area contributed by atoms with E-state index in [-0.39, 0.29) is 5.24 Å². The van der Waals surface area contributed by atoms with Crippen molar-refractivity contribution in [3.63, 3.8) is 0 Å². The molecule has 0 fully saturated rings. The van der Waals surface area contributed by atoms with Crippen molar-refractivity contribution in [2.75, 3.05) is 10.8 Å². The number of aryl methyl sites for hydroxylation is 2. The molecule has 0 bridgehead atoms. The van der Waals surface area contributed by atoms with E-state index in [1.807, 2.05) is 54.6 Å². The summed E-state index contributed by atoms with van der Waals surface area (Å²) in [5.74, 6) is 0.350. The Hall–Kier alpha value is -3.23. The van der Waals surface area contributed by atoms with E-state index in [1.54, 1.807) is 4.90 Å². The maximum atomic E-state index is 13.6. The van der Waals surface area contributed by atoms with Gasteiger partial charge in [0, 0.05) is 11.8 Å². The maximum absolute atomic E-state index is 13.6. The van der Waals surface area contributed by atoms with Crippen LogP contribution in [0.2, 0.25) is 0 Å². The van der Waals surface area contributed by atoms with Crippen molar-refractivity contribution >= 4 is 56.6 Å². The summed E-state index contributed by atoms with van der Waals surface area (Å²) in [4.78, 5) is 24.5. The number of fused-ring (bicyclic) bond motifs is 2. The summed E-state index contributed by atoms with van der Waals surface area (Å²) >= 11 is 2.39. The Morgan fingerprint density at radius 1 is 0.794 bits per heavy atom. The van der Waals surface area contributed by atoms with Crippen LogP contribution in [0.1, 0.15) is 25.0 Å². The summed E-state index contributed by atoms with van der Waals surface area (Å²) in [7, 11) is 0. The second kappa shape index (κ2) is 9.95. The molecule has 0 spiro atoms. The monoisotopic (exact) mass is 489 g/mol. The van der Waals surface area contributed by atoms with Crippen LogP contribution in [0.5, 0.6) is 0 Å². The molecule has 2 aromatic heterocycles. The fourth-order valence-corrected chi connectivity index (χ4v) is 5.40. The largest absolute Gasteiger partial charge is 0.431 e. The first kappa shape index (κ1) is 22.6. The van der Waals surface area contributed by atoms with Gasteiger partial charge >= 0.3 is 0 Å². The number of benzene rings is 3. The molecule has 0 radical (unpaired) electrons. The van der Waals surface area contributed by atoms with Crippen molar-refractivity contribution in [3.05, 3.63) is 77.9 Å². The molecule has 5 aromatic rings.